The minimum Gasteiger partial charge on any atom is -0.478 e. The van der Waals surface area contributed by atoms with Gasteiger partial charge >= 0.3 is 5.97 Å². The molecule has 6 nitrogen and oxygen atoms in total. The standard InChI is InChI=1S/C23H22N4O2S/c1-2-16-14-30-23-25-20(18-9-3-4-11-24-18)21(27(16)23)19-10-6-12-26(19)17-8-5-7-15(13-17)22(28)29/h3-13,16,20-21H,2,14H2,1H3,(H,28,29)/t16-,20-,21+/m0/s1. The summed E-state index contributed by atoms with van der Waals surface area (Å²) in [6.45, 7) is 2.22. The third-order valence-electron chi connectivity index (χ3n) is 5.78. The zero-order valence-electron chi connectivity index (χ0n) is 16.5. The Bertz CT molecular complexity index is 1110. The molecular weight excluding hydrogens is 396 g/mol. The van der Waals surface area contributed by atoms with Crippen LogP contribution in [0.4, 0.5) is 0 Å². The van der Waals surface area contributed by atoms with Gasteiger partial charge in [-0.1, -0.05) is 30.8 Å². The molecule has 7 heteroatoms. The second-order valence-electron chi connectivity index (χ2n) is 7.49. The maximum Gasteiger partial charge on any atom is 0.335 e. The van der Waals surface area contributed by atoms with Gasteiger partial charge in [-0.05, 0) is 48.9 Å². The minimum atomic E-state index is -0.926. The Balaban J connectivity index is 1.62. The summed E-state index contributed by atoms with van der Waals surface area (Å²) in [5, 5.41) is 10.5. The highest BCUT2D eigenvalue weighted by Gasteiger charge is 2.46. The number of aromatic carboxylic acids is 1. The largest absolute Gasteiger partial charge is 0.478 e. The molecule has 0 radical (unpaired) electrons. The number of aromatic nitrogens is 2. The molecule has 1 fully saturated rings. The monoisotopic (exact) mass is 418 g/mol. The fourth-order valence-corrected chi connectivity index (χ4v) is 5.67. The predicted octanol–water partition coefficient (Wildman–Crippen LogP) is 4.55. The number of aliphatic imine (C=N–C) groups is 1. The zero-order chi connectivity index (χ0) is 20.7. The molecule has 30 heavy (non-hydrogen) atoms. The van der Waals surface area contributed by atoms with E-state index in [1.807, 2.05) is 54.5 Å². The molecule has 3 aromatic rings. The van der Waals surface area contributed by atoms with Crippen LogP contribution in [0, 0.1) is 0 Å². The van der Waals surface area contributed by atoms with Gasteiger partial charge < -0.3 is 14.6 Å². The number of carboxylic acid groups (broad SMARTS) is 1. The number of amidine groups is 1. The second-order valence-corrected chi connectivity index (χ2v) is 8.48. The molecule has 3 atom stereocenters. The summed E-state index contributed by atoms with van der Waals surface area (Å²) >= 11 is 1.81. The number of fused-ring (bicyclic) bond motifs is 1. The van der Waals surface area contributed by atoms with Crippen LogP contribution in [0.2, 0.25) is 0 Å². The average Bonchev–Trinajstić information content (AvgIpc) is 3.49. The number of pyridine rings is 1. The van der Waals surface area contributed by atoms with Crippen molar-refractivity contribution in [1.82, 2.24) is 14.5 Å². The highest BCUT2D eigenvalue weighted by Crippen LogP contribution is 2.48. The van der Waals surface area contributed by atoms with Gasteiger partial charge in [-0.2, -0.15) is 0 Å². The number of carbonyl (C=O) groups is 1. The number of hydrogen-bond donors (Lipinski definition) is 1. The second kappa shape index (κ2) is 7.65. The van der Waals surface area contributed by atoms with Gasteiger partial charge in [0, 0.05) is 35.6 Å². The highest BCUT2D eigenvalue weighted by molar-refractivity contribution is 8.14. The molecule has 152 valence electrons. The summed E-state index contributed by atoms with van der Waals surface area (Å²) in [4.78, 5) is 23.6. The van der Waals surface area contributed by atoms with E-state index < -0.39 is 5.97 Å². The number of thioether (sulfide) groups is 1. The van der Waals surface area contributed by atoms with Crippen molar-refractivity contribution in [2.45, 2.75) is 31.5 Å². The highest BCUT2D eigenvalue weighted by atomic mass is 32.2. The molecule has 1 N–H and O–H groups in total. The van der Waals surface area contributed by atoms with E-state index in [4.69, 9.17) is 4.99 Å². The Hall–Kier alpha value is -3.06. The van der Waals surface area contributed by atoms with E-state index in [0.717, 1.165) is 34.4 Å². The molecule has 1 aromatic carbocycles. The summed E-state index contributed by atoms with van der Waals surface area (Å²) in [5.74, 6) is 0.112. The van der Waals surface area contributed by atoms with Gasteiger partial charge in [-0.15, -0.1) is 0 Å². The summed E-state index contributed by atoms with van der Waals surface area (Å²) in [7, 11) is 0. The van der Waals surface area contributed by atoms with Crippen LogP contribution in [0.1, 0.15) is 47.2 Å². The Morgan fingerprint density at radius 3 is 2.87 bits per heavy atom. The van der Waals surface area contributed by atoms with Crippen molar-refractivity contribution < 1.29 is 9.90 Å². The van der Waals surface area contributed by atoms with Crippen LogP contribution in [-0.4, -0.2) is 42.5 Å². The lowest BCUT2D eigenvalue weighted by molar-refractivity contribution is 0.0697. The van der Waals surface area contributed by atoms with E-state index in [9.17, 15) is 9.90 Å². The van der Waals surface area contributed by atoms with Crippen LogP contribution in [0.3, 0.4) is 0 Å². The first-order valence-corrected chi connectivity index (χ1v) is 11.1. The van der Waals surface area contributed by atoms with E-state index in [-0.39, 0.29) is 17.6 Å². The topological polar surface area (TPSA) is 70.7 Å². The van der Waals surface area contributed by atoms with E-state index in [1.54, 1.807) is 18.2 Å². The van der Waals surface area contributed by atoms with Crippen LogP contribution in [-0.2, 0) is 0 Å². The fourth-order valence-electron chi connectivity index (χ4n) is 4.33. The molecule has 1 saturated heterocycles. The maximum atomic E-state index is 11.5. The van der Waals surface area contributed by atoms with E-state index in [2.05, 4.69) is 27.4 Å². The average molecular weight is 419 g/mol. The third kappa shape index (κ3) is 3.10. The van der Waals surface area contributed by atoms with E-state index >= 15 is 0 Å². The van der Waals surface area contributed by atoms with Crippen LogP contribution in [0.25, 0.3) is 5.69 Å². The molecule has 2 aromatic heterocycles. The Morgan fingerprint density at radius 2 is 2.10 bits per heavy atom. The molecule has 0 bridgehead atoms. The van der Waals surface area contributed by atoms with E-state index in [1.165, 1.54) is 0 Å². The number of hydrogen-bond acceptors (Lipinski definition) is 5. The minimum absolute atomic E-state index is 0.0123. The number of benzene rings is 1. The number of rotatable bonds is 5. The molecule has 0 unspecified atom stereocenters. The zero-order valence-corrected chi connectivity index (χ0v) is 17.4. The molecular formula is C23H22N4O2S. The molecule has 0 amide bonds. The smallest absolute Gasteiger partial charge is 0.335 e. The summed E-state index contributed by atoms with van der Waals surface area (Å²) in [5.41, 5.74) is 3.16. The number of carboxylic acids is 1. The van der Waals surface area contributed by atoms with Crippen LogP contribution in [0.5, 0.6) is 0 Å². The molecule has 2 aliphatic rings. The lowest BCUT2D eigenvalue weighted by Gasteiger charge is -2.32. The SMILES string of the molecule is CC[C@H]1CSC2=N[C@@H](c3ccccn3)[C@@H](c3cccn3-c3cccc(C(=O)O)c3)N21. The molecule has 0 saturated carbocycles. The van der Waals surface area contributed by atoms with Crippen molar-refractivity contribution in [2.24, 2.45) is 4.99 Å². The van der Waals surface area contributed by atoms with Gasteiger partial charge in [-0.25, -0.2) is 4.79 Å². The first kappa shape index (κ1) is 18.9. The first-order valence-electron chi connectivity index (χ1n) is 10.1. The van der Waals surface area contributed by atoms with E-state index in [0.29, 0.717) is 6.04 Å². The quantitative estimate of drug-likeness (QED) is 0.658. The molecule has 0 aliphatic carbocycles. The predicted molar refractivity (Wildman–Crippen MR) is 118 cm³/mol. The van der Waals surface area contributed by atoms with Gasteiger partial charge in [0.1, 0.15) is 12.1 Å². The van der Waals surface area contributed by atoms with Crippen LogP contribution >= 0.6 is 11.8 Å². The van der Waals surface area contributed by atoms with Crippen molar-refractivity contribution in [2.75, 3.05) is 5.75 Å². The Labute approximate surface area is 179 Å². The lowest BCUT2D eigenvalue weighted by atomic mass is 9.99. The maximum absolute atomic E-state index is 11.5. The summed E-state index contributed by atoms with van der Waals surface area (Å²) < 4.78 is 2.08. The molecule has 4 heterocycles. The Morgan fingerprint density at radius 1 is 1.20 bits per heavy atom. The molecule has 0 spiro atoms. The number of nitrogens with zero attached hydrogens (tertiary/aromatic N) is 4. The fraction of sp³-hybridized carbons (Fsp3) is 0.261. The van der Waals surface area contributed by atoms with Gasteiger partial charge in [0.25, 0.3) is 0 Å². The van der Waals surface area contributed by atoms with Crippen molar-refractivity contribution in [1.29, 1.82) is 0 Å². The normalized spacial score (nSPS) is 22.8. The summed E-state index contributed by atoms with van der Waals surface area (Å²) in [6, 6.07) is 17.5. The lowest BCUT2D eigenvalue weighted by Crippen LogP contribution is -2.36. The molecule has 5 rings (SSSR count). The van der Waals surface area contributed by atoms with Crippen molar-refractivity contribution in [3.05, 3.63) is 83.9 Å². The van der Waals surface area contributed by atoms with Gasteiger partial charge in [0.15, 0.2) is 5.17 Å². The van der Waals surface area contributed by atoms with Crippen molar-refractivity contribution >= 4 is 22.9 Å². The van der Waals surface area contributed by atoms with Crippen molar-refractivity contribution in [3.63, 3.8) is 0 Å². The first-order chi connectivity index (χ1) is 14.7. The molecule has 2 aliphatic heterocycles. The van der Waals surface area contributed by atoms with Crippen LogP contribution < -0.4 is 0 Å². The van der Waals surface area contributed by atoms with Gasteiger partial charge in [-0.3, -0.25) is 9.98 Å². The van der Waals surface area contributed by atoms with Gasteiger partial charge in [0.2, 0.25) is 0 Å². The van der Waals surface area contributed by atoms with Gasteiger partial charge in [0.05, 0.1) is 11.3 Å². The Kier molecular flexibility index (Phi) is 4.83. The van der Waals surface area contributed by atoms with Crippen LogP contribution in [0.15, 0.2) is 72.0 Å². The van der Waals surface area contributed by atoms with Crippen molar-refractivity contribution in [3.8, 4) is 5.69 Å². The third-order valence-corrected chi connectivity index (χ3v) is 6.91. The summed E-state index contributed by atoms with van der Waals surface area (Å²) in [6.07, 6.45) is 4.86.